The zero-order valence-corrected chi connectivity index (χ0v) is 13.1. The Morgan fingerprint density at radius 1 is 1.48 bits per heavy atom. The Morgan fingerprint density at radius 2 is 2.14 bits per heavy atom. The summed E-state index contributed by atoms with van der Waals surface area (Å²) in [5, 5.41) is 2.40. The molecule has 0 saturated carbocycles. The fourth-order valence-corrected chi connectivity index (χ4v) is 1.50. The predicted molar refractivity (Wildman–Crippen MR) is 79.3 cm³/mol. The van der Waals surface area contributed by atoms with Gasteiger partial charge in [-0.05, 0) is 6.42 Å². The second-order valence-corrected chi connectivity index (χ2v) is 5.98. The maximum atomic E-state index is 11.0. The van der Waals surface area contributed by atoms with Gasteiger partial charge in [-0.1, -0.05) is 4.89 Å². The Morgan fingerprint density at radius 3 is 2.62 bits per heavy atom. The van der Waals surface area contributed by atoms with E-state index >= 15 is 0 Å². The molecule has 10 heteroatoms. The number of carbonyl (C=O) groups excluding carboxylic acids is 2. The van der Waals surface area contributed by atoms with Crippen molar-refractivity contribution in [3.05, 3.63) is 12.3 Å². The Bertz CT molecular complexity index is 347. The van der Waals surface area contributed by atoms with Crippen LogP contribution in [0.3, 0.4) is 0 Å². The fourth-order valence-electron chi connectivity index (χ4n) is 1.21. The Labute approximate surface area is 125 Å². The van der Waals surface area contributed by atoms with Gasteiger partial charge in [0.2, 0.25) is 12.3 Å². The van der Waals surface area contributed by atoms with E-state index in [4.69, 9.17) is 18.7 Å². The minimum Gasteiger partial charge on any atom is -0.379 e. The molecule has 0 aliphatic carbocycles. The standard InChI is InChI=1S/C11H23N3O6S/c1-12-11(16)5-7-14(9-15)6-4-10(19-2)8-20-13-21(3,17)18/h5,7,9-10,13,17-18H,4,6,8H2,1-3H3,(H,12,16)/b7-5-. The first-order valence-electron chi connectivity index (χ1n) is 6.08. The summed E-state index contributed by atoms with van der Waals surface area (Å²) in [4.78, 5) is 30.2. The van der Waals surface area contributed by atoms with E-state index in [-0.39, 0.29) is 18.6 Å². The predicted octanol–water partition coefficient (Wildman–Crippen LogP) is -0.0738. The van der Waals surface area contributed by atoms with Gasteiger partial charge in [0.05, 0.1) is 12.7 Å². The number of nitrogens with one attached hydrogen (secondary N) is 2. The maximum Gasteiger partial charge on any atom is 0.245 e. The van der Waals surface area contributed by atoms with Crippen LogP contribution in [0.15, 0.2) is 12.3 Å². The quantitative estimate of drug-likeness (QED) is 0.238. The summed E-state index contributed by atoms with van der Waals surface area (Å²) < 4.78 is 23.3. The van der Waals surface area contributed by atoms with Crippen molar-refractivity contribution in [1.82, 2.24) is 15.1 Å². The second-order valence-electron chi connectivity index (χ2n) is 4.15. The van der Waals surface area contributed by atoms with Gasteiger partial charge in [-0.15, -0.1) is 10.8 Å². The Balaban J connectivity index is 4.14. The number of methoxy groups -OCH3 is 1. The third-order valence-corrected chi connectivity index (χ3v) is 2.76. The van der Waals surface area contributed by atoms with E-state index in [2.05, 4.69) is 10.2 Å². The van der Waals surface area contributed by atoms with Crippen LogP contribution in [0.25, 0.3) is 0 Å². The number of likely N-dealkylation sites (N-methyl/N-ethyl adjacent to an activating group) is 1. The Hall–Kier alpha value is -1.17. The highest BCUT2D eigenvalue weighted by Crippen LogP contribution is 2.26. The molecule has 0 aliphatic rings. The average molecular weight is 325 g/mol. The molecule has 0 aromatic heterocycles. The molecule has 0 fully saturated rings. The van der Waals surface area contributed by atoms with Gasteiger partial charge in [0, 0.05) is 39.2 Å². The molecule has 1 atom stereocenters. The molecule has 0 radical (unpaired) electrons. The summed E-state index contributed by atoms with van der Waals surface area (Å²) in [5.41, 5.74) is 0. The molecule has 0 aromatic carbocycles. The molecule has 0 heterocycles. The molecular weight excluding hydrogens is 302 g/mol. The average Bonchev–Trinajstić information content (AvgIpc) is 2.43. The number of nitrogens with zero attached hydrogens (tertiary/aromatic N) is 1. The summed E-state index contributed by atoms with van der Waals surface area (Å²) in [5.74, 6) is -0.314. The maximum absolute atomic E-state index is 11.0. The molecule has 21 heavy (non-hydrogen) atoms. The lowest BCUT2D eigenvalue weighted by atomic mass is 10.2. The summed E-state index contributed by atoms with van der Waals surface area (Å²) in [6.45, 7) is 0.396. The van der Waals surface area contributed by atoms with Crippen LogP contribution in [0.1, 0.15) is 6.42 Å². The van der Waals surface area contributed by atoms with Crippen LogP contribution in [0.4, 0.5) is 0 Å². The number of rotatable bonds is 11. The smallest absolute Gasteiger partial charge is 0.245 e. The topological polar surface area (TPSA) is 120 Å². The number of hydrogen-bond donors (Lipinski definition) is 4. The number of ether oxygens (including phenoxy) is 1. The lowest BCUT2D eigenvalue weighted by molar-refractivity contribution is -0.116. The van der Waals surface area contributed by atoms with Crippen LogP contribution < -0.4 is 10.2 Å². The van der Waals surface area contributed by atoms with Crippen molar-refractivity contribution in [3.8, 4) is 0 Å². The largest absolute Gasteiger partial charge is 0.379 e. The Kier molecular flexibility index (Phi) is 9.95. The highest BCUT2D eigenvalue weighted by atomic mass is 32.3. The third kappa shape index (κ3) is 11.2. The van der Waals surface area contributed by atoms with Crippen molar-refractivity contribution in [3.63, 3.8) is 0 Å². The minimum absolute atomic E-state index is 0.0755. The fraction of sp³-hybridized carbons (Fsp3) is 0.636. The third-order valence-electron chi connectivity index (χ3n) is 2.33. The molecule has 0 spiro atoms. The van der Waals surface area contributed by atoms with E-state index in [1.807, 2.05) is 0 Å². The first-order chi connectivity index (χ1) is 9.82. The molecule has 9 nitrogen and oxygen atoms in total. The van der Waals surface area contributed by atoms with Gasteiger partial charge in [0.25, 0.3) is 0 Å². The lowest BCUT2D eigenvalue weighted by Gasteiger charge is -2.27. The lowest BCUT2D eigenvalue weighted by Crippen LogP contribution is -2.29. The highest BCUT2D eigenvalue weighted by Gasteiger charge is 2.11. The van der Waals surface area contributed by atoms with Crippen LogP contribution in [-0.2, 0) is 19.2 Å². The van der Waals surface area contributed by atoms with Gasteiger partial charge in [0.15, 0.2) is 0 Å². The summed E-state index contributed by atoms with van der Waals surface area (Å²) >= 11 is 0. The molecule has 0 rings (SSSR count). The van der Waals surface area contributed by atoms with Crippen LogP contribution in [0.2, 0.25) is 0 Å². The molecule has 0 bridgehead atoms. The van der Waals surface area contributed by atoms with E-state index < -0.39 is 10.8 Å². The van der Waals surface area contributed by atoms with Crippen molar-refractivity contribution in [2.24, 2.45) is 0 Å². The number of carbonyl (C=O) groups is 2. The zero-order valence-electron chi connectivity index (χ0n) is 12.3. The van der Waals surface area contributed by atoms with E-state index in [9.17, 15) is 9.59 Å². The van der Waals surface area contributed by atoms with Gasteiger partial charge in [-0.2, -0.15) is 0 Å². The van der Waals surface area contributed by atoms with E-state index in [0.717, 1.165) is 0 Å². The monoisotopic (exact) mass is 325 g/mol. The van der Waals surface area contributed by atoms with Gasteiger partial charge >= 0.3 is 0 Å². The minimum atomic E-state index is -2.93. The van der Waals surface area contributed by atoms with Gasteiger partial charge in [-0.25, -0.2) is 0 Å². The molecule has 0 saturated heterocycles. The molecule has 2 amide bonds. The van der Waals surface area contributed by atoms with Crippen molar-refractivity contribution in [2.45, 2.75) is 12.5 Å². The van der Waals surface area contributed by atoms with Crippen LogP contribution in [0.5, 0.6) is 0 Å². The van der Waals surface area contributed by atoms with E-state index in [1.54, 1.807) is 0 Å². The van der Waals surface area contributed by atoms with Gasteiger partial charge in [0.1, 0.15) is 0 Å². The first kappa shape index (κ1) is 19.8. The first-order valence-corrected chi connectivity index (χ1v) is 8.03. The summed E-state index contributed by atoms with van der Waals surface area (Å²) in [7, 11) is 0.0282. The van der Waals surface area contributed by atoms with E-state index in [0.29, 0.717) is 19.4 Å². The van der Waals surface area contributed by atoms with Crippen molar-refractivity contribution in [1.29, 1.82) is 0 Å². The van der Waals surface area contributed by atoms with Crippen molar-refractivity contribution < 1.29 is 28.3 Å². The summed E-state index contributed by atoms with van der Waals surface area (Å²) in [6, 6.07) is 0. The number of amides is 2. The van der Waals surface area contributed by atoms with Gasteiger partial charge < -0.3 is 15.0 Å². The van der Waals surface area contributed by atoms with Crippen molar-refractivity contribution >= 4 is 23.1 Å². The van der Waals surface area contributed by atoms with E-state index in [1.165, 1.54) is 37.6 Å². The molecule has 1 unspecified atom stereocenters. The SMILES string of the molecule is CNC(=O)/C=C\N(C=O)CCC(CONS(C)(O)O)OC. The van der Waals surface area contributed by atoms with Crippen LogP contribution in [0, 0.1) is 0 Å². The molecular formula is C11H23N3O6S. The molecule has 4 N–H and O–H groups in total. The highest BCUT2D eigenvalue weighted by molar-refractivity contribution is 8.21. The molecule has 0 aliphatic heterocycles. The van der Waals surface area contributed by atoms with Crippen LogP contribution >= 0.6 is 10.8 Å². The molecule has 0 aromatic rings. The zero-order chi connectivity index (χ0) is 16.3. The second kappa shape index (κ2) is 10.5. The van der Waals surface area contributed by atoms with Crippen molar-refractivity contribution in [2.75, 3.05) is 33.6 Å². The number of hydrogen-bond acceptors (Lipinski definition) is 7. The van der Waals surface area contributed by atoms with Crippen LogP contribution in [-0.4, -0.2) is 66.0 Å². The normalized spacial score (nSPS) is 14.0. The molecule has 124 valence electrons. The summed E-state index contributed by atoms with van der Waals surface area (Å²) in [6.07, 6.45) is 4.47. The van der Waals surface area contributed by atoms with Gasteiger partial charge in [-0.3, -0.25) is 23.5 Å².